The zero-order valence-corrected chi connectivity index (χ0v) is 18.4. The molecule has 0 bridgehead atoms. The Balaban J connectivity index is 1.50. The summed E-state index contributed by atoms with van der Waals surface area (Å²) in [5.41, 5.74) is 1.32. The lowest BCUT2D eigenvalue weighted by atomic mass is 10.2. The highest BCUT2D eigenvalue weighted by atomic mass is 32.2. The summed E-state index contributed by atoms with van der Waals surface area (Å²) in [4.78, 5) is 29.0. The van der Waals surface area contributed by atoms with Crippen molar-refractivity contribution >= 4 is 35.0 Å². The van der Waals surface area contributed by atoms with Crippen LogP contribution in [0.15, 0.2) is 78.2 Å². The molecule has 2 N–H and O–H groups in total. The fourth-order valence-corrected chi connectivity index (χ4v) is 3.79. The number of nitrogens with one attached hydrogen (secondary N) is 2. The maximum absolute atomic E-state index is 13.5. The Morgan fingerprint density at radius 2 is 1.47 bits per heavy atom. The van der Waals surface area contributed by atoms with Crippen LogP contribution in [0.3, 0.4) is 0 Å². The summed E-state index contributed by atoms with van der Waals surface area (Å²) in [5, 5.41) is 13.9. The number of amides is 2. The minimum Gasteiger partial charge on any atom is -0.325 e. The van der Waals surface area contributed by atoms with E-state index in [-0.39, 0.29) is 18.2 Å². The van der Waals surface area contributed by atoms with Crippen LogP contribution in [-0.4, -0.2) is 37.3 Å². The highest BCUT2D eigenvalue weighted by Gasteiger charge is 2.18. The van der Waals surface area contributed by atoms with E-state index in [2.05, 4.69) is 25.8 Å². The van der Waals surface area contributed by atoms with Gasteiger partial charge in [-0.15, -0.1) is 10.2 Å². The Labute approximate surface area is 197 Å². The molecule has 2 amide bonds. The van der Waals surface area contributed by atoms with Gasteiger partial charge in [0.05, 0.1) is 5.75 Å². The van der Waals surface area contributed by atoms with Crippen molar-refractivity contribution in [3.63, 3.8) is 0 Å². The summed E-state index contributed by atoms with van der Waals surface area (Å²) in [5.74, 6) is -1.37. The van der Waals surface area contributed by atoms with Crippen molar-refractivity contribution in [2.24, 2.45) is 0 Å². The number of carbonyl (C=O) groups is 2. The highest BCUT2D eigenvalue weighted by Crippen LogP contribution is 2.24. The molecule has 0 aliphatic carbocycles. The van der Waals surface area contributed by atoms with Gasteiger partial charge in [0, 0.05) is 29.3 Å². The van der Waals surface area contributed by atoms with Gasteiger partial charge < -0.3 is 10.6 Å². The third-order valence-electron chi connectivity index (χ3n) is 4.51. The quantitative estimate of drug-likeness (QED) is 0.370. The number of nitrogens with zero attached hydrogens (tertiary/aromatic N) is 4. The zero-order chi connectivity index (χ0) is 23.9. The number of anilines is 2. The van der Waals surface area contributed by atoms with Crippen LogP contribution in [0, 0.1) is 11.6 Å². The van der Waals surface area contributed by atoms with E-state index in [1.807, 2.05) is 0 Å². The van der Waals surface area contributed by atoms with Gasteiger partial charge in [0.2, 0.25) is 11.8 Å². The molecule has 11 heteroatoms. The van der Waals surface area contributed by atoms with Crippen LogP contribution in [0.4, 0.5) is 20.2 Å². The standard InChI is InChI=1S/C23H18F2N6O2S/c24-16-3-1-5-18(11-16)27-20(32)13-31-22(15-7-9-26-10-8-15)29-30-23(31)34-14-21(33)28-19-6-2-4-17(25)12-19/h1-12H,13-14H2,(H,27,32)(H,28,33). The summed E-state index contributed by atoms with van der Waals surface area (Å²) in [6.45, 7) is -0.172. The predicted molar refractivity (Wildman–Crippen MR) is 124 cm³/mol. The second-order valence-corrected chi connectivity index (χ2v) is 7.98. The van der Waals surface area contributed by atoms with Gasteiger partial charge in [-0.25, -0.2) is 8.78 Å². The molecule has 0 spiro atoms. The minimum absolute atomic E-state index is 0.0451. The molecular weight excluding hydrogens is 462 g/mol. The fourth-order valence-electron chi connectivity index (χ4n) is 3.06. The molecule has 4 aromatic rings. The first-order valence-corrected chi connectivity index (χ1v) is 11.0. The molecule has 0 aliphatic rings. The van der Waals surface area contributed by atoms with Crippen molar-refractivity contribution in [1.29, 1.82) is 0 Å². The molecule has 2 aromatic heterocycles. The van der Waals surface area contributed by atoms with Crippen LogP contribution in [0.5, 0.6) is 0 Å². The number of carbonyl (C=O) groups excluding carboxylic acids is 2. The fraction of sp³-hybridized carbons (Fsp3) is 0.0870. The number of thioether (sulfide) groups is 1. The second kappa shape index (κ2) is 10.7. The second-order valence-electron chi connectivity index (χ2n) is 7.03. The molecule has 0 unspecified atom stereocenters. The van der Waals surface area contributed by atoms with Crippen LogP contribution < -0.4 is 10.6 Å². The van der Waals surface area contributed by atoms with E-state index < -0.39 is 17.5 Å². The average Bonchev–Trinajstić information content (AvgIpc) is 3.20. The third kappa shape index (κ3) is 6.01. The first-order valence-electron chi connectivity index (χ1n) is 10.0. The van der Waals surface area contributed by atoms with E-state index in [4.69, 9.17) is 0 Å². The Bertz CT molecular complexity index is 1320. The Hall–Kier alpha value is -4.12. The van der Waals surface area contributed by atoms with Crippen molar-refractivity contribution in [2.45, 2.75) is 11.7 Å². The number of benzene rings is 2. The van der Waals surface area contributed by atoms with Crippen molar-refractivity contribution < 1.29 is 18.4 Å². The van der Waals surface area contributed by atoms with Gasteiger partial charge in [-0.1, -0.05) is 23.9 Å². The molecule has 34 heavy (non-hydrogen) atoms. The normalized spacial score (nSPS) is 10.6. The van der Waals surface area contributed by atoms with E-state index >= 15 is 0 Å². The van der Waals surface area contributed by atoms with Crippen molar-refractivity contribution in [1.82, 2.24) is 19.7 Å². The number of rotatable bonds is 8. The van der Waals surface area contributed by atoms with Crippen LogP contribution >= 0.6 is 11.8 Å². The summed E-state index contributed by atoms with van der Waals surface area (Å²) >= 11 is 1.07. The Morgan fingerprint density at radius 1 is 0.853 bits per heavy atom. The lowest BCUT2D eigenvalue weighted by Gasteiger charge is -2.11. The van der Waals surface area contributed by atoms with Crippen LogP contribution in [-0.2, 0) is 16.1 Å². The summed E-state index contributed by atoms with van der Waals surface area (Å²) in [7, 11) is 0. The Morgan fingerprint density at radius 3 is 2.09 bits per heavy atom. The van der Waals surface area contributed by atoms with Crippen molar-refractivity contribution in [3.8, 4) is 11.4 Å². The first kappa shape index (κ1) is 23.1. The van der Waals surface area contributed by atoms with Gasteiger partial charge in [0.25, 0.3) is 0 Å². The number of aromatic nitrogens is 4. The predicted octanol–water partition coefficient (Wildman–Crippen LogP) is 3.99. The van der Waals surface area contributed by atoms with Crippen LogP contribution in [0.1, 0.15) is 0 Å². The lowest BCUT2D eigenvalue weighted by Crippen LogP contribution is -2.20. The third-order valence-corrected chi connectivity index (χ3v) is 5.47. The van der Waals surface area contributed by atoms with Gasteiger partial charge in [-0.05, 0) is 48.5 Å². The molecule has 0 fully saturated rings. The van der Waals surface area contributed by atoms with E-state index in [9.17, 15) is 18.4 Å². The van der Waals surface area contributed by atoms with Crippen LogP contribution in [0.25, 0.3) is 11.4 Å². The smallest absolute Gasteiger partial charge is 0.244 e. The van der Waals surface area contributed by atoms with E-state index in [1.165, 1.54) is 36.4 Å². The van der Waals surface area contributed by atoms with Crippen molar-refractivity contribution in [3.05, 3.63) is 84.7 Å². The summed E-state index contributed by atoms with van der Waals surface area (Å²) in [6, 6.07) is 14.5. The number of hydrogen-bond acceptors (Lipinski definition) is 6. The maximum Gasteiger partial charge on any atom is 0.244 e. The summed E-state index contributed by atoms with van der Waals surface area (Å²) in [6.07, 6.45) is 3.17. The average molecular weight is 481 g/mol. The minimum atomic E-state index is -0.472. The molecule has 2 aromatic carbocycles. The molecule has 8 nitrogen and oxygen atoms in total. The maximum atomic E-state index is 13.5. The zero-order valence-electron chi connectivity index (χ0n) is 17.6. The molecule has 172 valence electrons. The van der Waals surface area contributed by atoms with Gasteiger partial charge >= 0.3 is 0 Å². The van der Waals surface area contributed by atoms with Gasteiger partial charge in [0.1, 0.15) is 18.2 Å². The first-order chi connectivity index (χ1) is 16.5. The molecule has 0 saturated heterocycles. The van der Waals surface area contributed by atoms with E-state index in [0.29, 0.717) is 27.9 Å². The number of hydrogen-bond donors (Lipinski definition) is 2. The summed E-state index contributed by atoms with van der Waals surface area (Å²) < 4.78 is 28.4. The largest absolute Gasteiger partial charge is 0.325 e. The number of halogens is 2. The molecular formula is C23H18F2N6O2S. The van der Waals surface area contributed by atoms with Gasteiger partial charge in [0.15, 0.2) is 11.0 Å². The molecule has 0 aliphatic heterocycles. The highest BCUT2D eigenvalue weighted by molar-refractivity contribution is 7.99. The molecule has 2 heterocycles. The van der Waals surface area contributed by atoms with E-state index in [1.54, 1.807) is 41.2 Å². The van der Waals surface area contributed by atoms with E-state index in [0.717, 1.165) is 11.8 Å². The monoisotopic (exact) mass is 480 g/mol. The number of pyridine rings is 1. The Kier molecular flexibility index (Phi) is 7.23. The lowest BCUT2D eigenvalue weighted by molar-refractivity contribution is -0.117. The van der Waals surface area contributed by atoms with Crippen LogP contribution in [0.2, 0.25) is 0 Å². The van der Waals surface area contributed by atoms with Gasteiger partial charge in [-0.2, -0.15) is 0 Å². The molecule has 4 rings (SSSR count). The SMILES string of the molecule is O=C(CSc1nnc(-c2ccncc2)n1CC(=O)Nc1cccc(F)c1)Nc1cccc(F)c1. The molecule has 0 radical (unpaired) electrons. The van der Waals surface area contributed by atoms with Gasteiger partial charge in [-0.3, -0.25) is 19.1 Å². The molecule has 0 atom stereocenters. The van der Waals surface area contributed by atoms with Crippen molar-refractivity contribution in [2.75, 3.05) is 16.4 Å². The molecule has 0 saturated carbocycles. The topological polar surface area (TPSA) is 102 Å².